The van der Waals surface area contributed by atoms with E-state index in [1.807, 2.05) is 18.2 Å². The molecule has 1 aliphatic carbocycles. The number of esters is 1. The van der Waals surface area contributed by atoms with Crippen molar-refractivity contribution in [3.05, 3.63) is 23.8 Å². The van der Waals surface area contributed by atoms with Crippen molar-refractivity contribution in [3.63, 3.8) is 0 Å². The summed E-state index contributed by atoms with van der Waals surface area (Å²) < 4.78 is 15.1. The third-order valence-corrected chi connectivity index (χ3v) is 4.96. The predicted octanol–water partition coefficient (Wildman–Crippen LogP) is -0.107. The molecule has 0 unspecified atom stereocenters. The van der Waals surface area contributed by atoms with Crippen molar-refractivity contribution in [3.8, 4) is 11.5 Å². The SMILES string of the molecule is COC(=O)CNC(=O)[C@@H]1C[C@@H](O)[C@H](NC(=O)CCc2ccc3c(c2)OCO3)C1. The second kappa shape index (κ2) is 8.92. The predicted molar refractivity (Wildman–Crippen MR) is 96.6 cm³/mol. The van der Waals surface area contributed by atoms with Crippen LogP contribution in [-0.4, -0.2) is 55.5 Å². The Balaban J connectivity index is 1.43. The van der Waals surface area contributed by atoms with Crippen LogP contribution in [0.1, 0.15) is 24.8 Å². The summed E-state index contributed by atoms with van der Waals surface area (Å²) in [5.41, 5.74) is 0.950. The lowest BCUT2D eigenvalue weighted by atomic mass is 10.1. The van der Waals surface area contributed by atoms with Crippen molar-refractivity contribution < 1.29 is 33.7 Å². The molecule has 0 radical (unpaired) electrons. The van der Waals surface area contributed by atoms with E-state index in [9.17, 15) is 19.5 Å². The molecule has 2 amide bonds. The minimum absolute atomic E-state index is 0.197. The molecule has 0 bridgehead atoms. The number of methoxy groups -OCH3 is 1. The van der Waals surface area contributed by atoms with Crippen LogP contribution in [0.5, 0.6) is 11.5 Å². The van der Waals surface area contributed by atoms with Crippen LogP contribution in [0.3, 0.4) is 0 Å². The average Bonchev–Trinajstić information content (AvgIpc) is 3.30. The first-order chi connectivity index (χ1) is 13.5. The van der Waals surface area contributed by atoms with Gasteiger partial charge in [-0.1, -0.05) is 6.07 Å². The first kappa shape index (κ1) is 19.9. The zero-order chi connectivity index (χ0) is 20.1. The number of aliphatic hydroxyl groups excluding tert-OH is 1. The Bertz CT molecular complexity index is 752. The third kappa shape index (κ3) is 4.92. The number of aliphatic hydroxyl groups is 1. The molecule has 1 fully saturated rings. The molecule has 1 saturated carbocycles. The fraction of sp³-hybridized carbons (Fsp3) is 0.526. The number of hydrogen-bond acceptors (Lipinski definition) is 7. The van der Waals surface area contributed by atoms with E-state index >= 15 is 0 Å². The molecule has 3 rings (SSSR count). The van der Waals surface area contributed by atoms with Gasteiger partial charge in [-0.05, 0) is 37.0 Å². The van der Waals surface area contributed by atoms with Gasteiger partial charge in [0.25, 0.3) is 0 Å². The molecule has 2 aliphatic rings. The standard InChI is InChI=1S/C19H24N2O7/c1-26-18(24)9-20-19(25)12-7-13(14(22)8-12)21-17(23)5-3-11-2-4-15-16(6-11)28-10-27-15/h2,4,6,12-14,22H,3,5,7-10H2,1H3,(H,20,25)(H,21,23)/t12-,13+,14+/m0/s1. The van der Waals surface area contributed by atoms with Gasteiger partial charge in [0, 0.05) is 12.3 Å². The zero-order valence-electron chi connectivity index (χ0n) is 15.6. The first-order valence-corrected chi connectivity index (χ1v) is 9.16. The lowest BCUT2D eigenvalue weighted by Gasteiger charge is -2.16. The van der Waals surface area contributed by atoms with Crippen molar-refractivity contribution in [2.45, 2.75) is 37.8 Å². The number of benzene rings is 1. The summed E-state index contributed by atoms with van der Waals surface area (Å²) in [7, 11) is 1.24. The first-order valence-electron chi connectivity index (χ1n) is 9.16. The molecule has 9 nitrogen and oxygen atoms in total. The minimum Gasteiger partial charge on any atom is -0.468 e. The van der Waals surface area contributed by atoms with Crippen molar-refractivity contribution in [1.29, 1.82) is 0 Å². The molecule has 3 N–H and O–H groups in total. The van der Waals surface area contributed by atoms with E-state index in [4.69, 9.17) is 9.47 Å². The number of aryl methyl sites for hydroxylation is 1. The molecule has 152 valence electrons. The summed E-state index contributed by atoms with van der Waals surface area (Å²) >= 11 is 0. The monoisotopic (exact) mass is 392 g/mol. The van der Waals surface area contributed by atoms with Crippen molar-refractivity contribution in [2.24, 2.45) is 5.92 Å². The number of fused-ring (bicyclic) bond motifs is 1. The molecule has 0 spiro atoms. The van der Waals surface area contributed by atoms with Gasteiger partial charge in [-0.2, -0.15) is 0 Å². The molecule has 1 aliphatic heterocycles. The highest BCUT2D eigenvalue weighted by atomic mass is 16.7. The third-order valence-electron chi connectivity index (χ3n) is 4.96. The van der Waals surface area contributed by atoms with Crippen molar-refractivity contribution in [2.75, 3.05) is 20.4 Å². The smallest absolute Gasteiger partial charge is 0.325 e. The molecule has 0 saturated heterocycles. The highest BCUT2D eigenvalue weighted by Gasteiger charge is 2.37. The number of ether oxygens (including phenoxy) is 3. The van der Waals surface area contributed by atoms with E-state index in [1.165, 1.54) is 7.11 Å². The van der Waals surface area contributed by atoms with Gasteiger partial charge < -0.3 is 30.0 Å². The van der Waals surface area contributed by atoms with Crippen LogP contribution in [0.4, 0.5) is 0 Å². The van der Waals surface area contributed by atoms with Gasteiger partial charge in [-0.3, -0.25) is 14.4 Å². The van der Waals surface area contributed by atoms with E-state index < -0.39 is 24.0 Å². The lowest BCUT2D eigenvalue weighted by molar-refractivity contribution is -0.141. The zero-order valence-corrected chi connectivity index (χ0v) is 15.6. The normalized spacial score (nSPS) is 22.6. The van der Waals surface area contributed by atoms with E-state index in [2.05, 4.69) is 15.4 Å². The molecular formula is C19H24N2O7. The van der Waals surface area contributed by atoms with Gasteiger partial charge in [0.05, 0.1) is 19.3 Å². The van der Waals surface area contributed by atoms with E-state index in [0.717, 1.165) is 5.56 Å². The number of carbonyl (C=O) groups is 3. The van der Waals surface area contributed by atoms with Crippen LogP contribution in [0, 0.1) is 5.92 Å². The van der Waals surface area contributed by atoms with Crippen LogP contribution < -0.4 is 20.1 Å². The molecule has 3 atom stereocenters. The number of carbonyl (C=O) groups excluding carboxylic acids is 3. The summed E-state index contributed by atoms with van der Waals surface area (Å²) in [6.07, 6.45) is 0.531. The van der Waals surface area contributed by atoms with E-state index in [0.29, 0.717) is 24.3 Å². The van der Waals surface area contributed by atoms with Gasteiger partial charge >= 0.3 is 5.97 Å². The van der Waals surface area contributed by atoms with Crippen LogP contribution in [0.15, 0.2) is 18.2 Å². The number of amides is 2. The summed E-state index contributed by atoms with van der Waals surface area (Å²) in [4.78, 5) is 35.4. The van der Waals surface area contributed by atoms with Crippen LogP contribution in [0.2, 0.25) is 0 Å². The summed E-state index contributed by atoms with van der Waals surface area (Å²) in [5, 5.41) is 15.4. The van der Waals surface area contributed by atoms with Crippen LogP contribution >= 0.6 is 0 Å². The number of nitrogens with one attached hydrogen (secondary N) is 2. The van der Waals surface area contributed by atoms with Crippen LogP contribution in [0.25, 0.3) is 0 Å². The molecule has 0 aromatic heterocycles. The minimum atomic E-state index is -0.802. The fourth-order valence-corrected chi connectivity index (χ4v) is 3.39. The second-order valence-corrected chi connectivity index (χ2v) is 6.89. The van der Waals surface area contributed by atoms with Crippen LogP contribution in [-0.2, 0) is 25.5 Å². The Hall–Kier alpha value is -2.81. The Morgan fingerprint density at radius 1 is 1.21 bits per heavy atom. The van der Waals surface area contributed by atoms with Gasteiger partial charge in [0.1, 0.15) is 6.54 Å². The highest BCUT2D eigenvalue weighted by Crippen LogP contribution is 2.32. The van der Waals surface area contributed by atoms with Crippen molar-refractivity contribution in [1.82, 2.24) is 10.6 Å². The summed E-state index contributed by atoms with van der Waals surface area (Å²) in [6.45, 7) is -0.0122. The molecule has 1 heterocycles. The Morgan fingerprint density at radius 3 is 2.79 bits per heavy atom. The van der Waals surface area contributed by atoms with Gasteiger partial charge in [0.15, 0.2) is 11.5 Å². The highest BCUT2D eigenvalue weighted by molar-refractivity contribution is 5.84. The number of rotatable bonds is 7. The maximum atomic E-state index is 12.2. The van der Waals surface area contributed by atoms with Gasteiger partial charge in [-0.15, -0.1) is 0 Å². The largest absolute Gasteiger partial charge is 0.468 e. The Morgan fingerprint density at radius 2 is 2.00 bits per heavy atom. The fourth-order valence-electron chi connectivity index (χ4n) is 3.39. The number of hydrogen-bond donors (Lipinski definition) is 3. The van der Waals surface area contributed by atoms with Gasteiger partial charge in [-0.25, -0.2) is 0 Å². The van der Waals surface area contributed by atoms with E-state index in [-0.39, 0.29) is 38.0 Å². The average molecular weight is 392 g/mol. The maximum Gasteiger partial charge on any atom is 0.325 e. The topological polar surface area (TPSA) is 123 Å². The Kier molecular flexibility index (Phi) is 6.35. The molecule has 9 heteroatoms. The molecule has 1 aromatic carbocycles. The molecule has 28 heavy (non-hydrogen) atoms. The molecule has 1 aromatic rings. The summed E-state index contributed by atoms with van der Waals surface area (Å²) in [5.74, 6) is -0.165. The molecular weight excluding hydrogens is 368 g/mol. The van der Waals surface area contributed by atoms with Crippen molar-refractivity contribution >= 4 is 17.8 Å². The second-order valence-electron chi connectivity index (χ2n) is 6.89. The lowest BCUT2D eigenvalue weighted by Crippen LogP contribution is -2.40. The quantitative estimate of drug-likeness (QED) is 0.554. The van der Waals surface area contributed by atoms with Gasteiger partial charge in [0.2, 0.25) is 18.6 Å². The maximum absolute atomic E-state index is 12.2. The summed E-state index contributed by atoms with van der Waals surface area (Å²) in [6, 6.07) is 5.06. The van der Waals surface area contributed by atoms with E-state index in [1.54, 1.807) is 0 Å². The Labute approximate surface area is 162 Å².